The molecule has 0 bridgehead atoms. The van der Waals surface area contributed by atoms with E-state index in [4.69, 9.17) is 4.74 Å². The van der Waals surface area contributed by atoms with E-state index < -0.39 is 41.1 Å². The molecule has 1 aliphatic carbocycles. The predicted octanol–water partition coefficient (Wildman–Crippen LogP) is 11.4. The van der Waals surface area contributed by atoms with Crippen molar-refractivity contribution >= 4 is 5.83 Å². The second-order valence-corrected chi connectivity index (χ2v) is 11.8. The standard InChI is InChI=1S/C35H39F7O/c1-2-3-4-5-29(36)34(39)27-17-14-25(15-18-27)11-10-23-6-8-24(9-7-23)12-13-26-16-19-32(43-22-26)28-20-30(37)33(31(38)21-28)35(40,41)42/h4-5,12-15,17-18,20-21,23-24,26,32H,2-3,6-11,16,19,22H2,1H3. The maximum Gasteiger partial charge on any atom is 0.422 e. The number of ether oxygens (including phenoxy) is 1. The second kappa shape index (κ2) is 15.2. The lowest BCUT2D eigenvalue weighted by molar-refractivity contribution is -0.142. The van der Waals surface area contributed by atoms with Gasteiger partial charge >= 0.3 is 6.18 Å². The van der Waals surface area contributed by atoms with Gasteiger partial charge in [0.25, 0.3) is 0 Å². The Morgan fingerprint density at radius 3 is 2.09 bits per heavy atom. The Morgan fingerprint density at radius 2 is 1.51 bits per heavy atom. The number of allylic oxidation sites excluding steroid dienone is 4. The Hall–Kier alpha value is -2.87. The molecule has 1 saturated carbocycles. The Bertz CT molecular complexity index is 1250. The molecular formula is C35H39F7O. The molecule has 2 atom stereocenters. The molecule has 8 heteroatoms. The Labute approximate surface area is 249 Å². The molecule has 2 aromatic carbocycles. The lowest BCUT2D eigenvalue weighted by atomic mass is 9.79. The third-order valence-electron chi connectivity index (χ3n) is 8.56. The number of hydrogen-bond donors (Lipinski definition) is 0. The van der Waals surface area contributed by atoms with E-state index in [1.54, 1.807) is 18.2 Å². The molecule has 2 unspecified atom stereocenters. The summed E-state index contributed by atoms with van der Waals surface area (Å²) >= 11 is 0. The number of aryl methyl sites for hydroxylation is 1. The van der Waals surface area contributed by atoms with Gasteiger partial charge < -0.3 is 4.74 Å². The van der Waals surface area contributed by atoms with Gasteiger partial charge in [0.05, 0.1) is 12.7 Å². The van der Waals surface area contributed by atoms with Gasteiger partial charge in [-0.1, -0.05) is 55.8 Å². The number of unbranched alkanes of at least 4 members (excludes halogenated alkanes) is 1. The van der Waals surface area contributed by atoms with E-state index >= 15 is 0 Å². The fourth-order valence-electron chi connectivity index (χ4n) is 5.97. The van der Waals surface area contributed by atoms with E-state index in [0.717, 1.165) is 69.1 Å². The first-order chi connectivity index (χ1) is 20.5. The predicted molar refractivity (Wildman–Crippen MR) is 155 cm³/mol. The lowest BCUT2D eigenvalue weighted by Gasteiger charge is -2.29. The fraction of sp³-hybridized carbons (Fsp3) is 0.486. The zero-order valence-electron chi connectivity index (χ0n) is 24.4. The van der Waals surface area contributed by atoms with Crippen LogP contribution in [0.15, 0.2) is 66.5 Å². The lowest BCUT2D eigenvalue weighted by Crippen LogP contribution is -2.21. The van der Waals surface area contributed by atoms with E-state index in [-0.39, 0.29) is 17.0 Å². The van der Waals surface area contributed by atoms with Crippen molar-refractivity contribution in [1.82, 2.24) is 0 Å². The fourth-order valence-corrected chi connectivity index (χ4v) is 5.97. The van der Waals surface area contributed by atoms with Crippen molar-refractivity contribution in [1.29, 1.82) is 0 Å². The third-order valence-corrected chi connectivity index (χ3v) is 8.56. The number of benzene rings is 2. The summed E-state index contributed by atoms with van der Waals surface area (Å²) in [7, 11) is 0. The summed E-state index contributed by atoms with van der Waals surface area (Å²) in [6.07, 6.45) is 10.6. The van der Waals surface area contributed by atoms with Crippen LogP contribution in [-0.4, -0.2) is 6.61 Å². The first kappa shape index (κ1) is 33.0. The maximum absolute atomic E-state index is 14.3. The molecule has 2 fully saturated rings. The Morgan fingerprint density at radius 1 is 0.884 bits per heavy atom. The van der Waals surface area contributed by atoms with Crippen molar-refractivity contribution in [2.24, 2.45) is 17.8 Å². The van der Waals surface area contributed by atoms with Gasteiger partial charge in [0.2, 0.25) is 0 Å². The average molecular weight is 609 g/mol. The topological polar surface area (TPSA) is 9.23 Å². The Kier molecular flexibility index (Phi) is 11.7. The van der Waals surface area contributed by atoms with Gasteiger partial charge in [-0.2, -0.15) is 13.2 Å². The Balaban J connectivity index is 1.18. The summed E-state index contributed by atoms with van der Waals surface area (Å²) < 4.78 is 101. The minimum absolute atomic E-state index is 0.0906. The van der Waals surface area contributed by atoms with Crippen LogP contribution in [0.2, 0.25) is 0 Å². The van der Waals surface area contributed by atoms with Crippen LogP contribution in [0.25, 0.3) is 5.83 Å². The van der Waals surface area contributed by atoms with Crippen molar-refractivity contribution in [2.75, 3.05) is 6.61 Å². The molecule has 0 amide bonds. The highest BCUT2D eigenvalue weighted by molar-refractivity contribution is 5.63. The molecule has 43 heavy (non-hydrogen) atoms. The minimum atomic E-state index is -5.09. The van der Waals surface area contributed by atoms with Gasteiger partial charge in [-0.3, -0.25) is 0 Å². The average Bonchev–Trinajstić information content (AvgIpc) is 2.98. The summed E-state index contributed by atoms with van der Waals surface area (Å²) in [6, 6.07) is 8.47. The van der Waals surface area contributed by atoms with Gasteiger partial charge in [-0.05, 0) is 99.0 Å². The second-order valence-electron chi connectivity index (χ2n) is 11.8. The van der Waals surface area contributed by atoms with Crippen molar-refractivity contribution in [3.8, 4) is 0 Å². The molecule has 0 radical (unpaired) electrons. The molecule has 4 rings (SSSR count). The van der Waals surface area contributed by atoms with Crippen LogP contribution in [0.3, 0.4) is 0 Å². The number of halogens is 7. The highest BCUT2D eigenvalue weighted by Crippen LogP contribution is 2.38. The smallest absolute Gasteiger partial charge is 0.373 e. The highest BCUT2D eigenvalue weighted by Gasteiger charge is 2.38. The van der Waals surface area contributed by atoms with E-state index in [9.17, 15) is 30.7 Å². The maximum atomic E-state index is 14.3. The van der Waals surface area contributed by atoms with Gasteiger partial charge in [-0.25, -0.2) is 17.6 Å². The summed E-state index contributed by atoms with van der Waals surface area (Å²) in [6.45, 7) is 2.33. The zero-order chi connectivity index (χ0) is 31.0. The summed E-state index contributed by atoms with van der Waals surface area (Å²) in [5.74, 6) is -3.68. The molecule has 1 saturated heterocycles. The van der Waals surface area contributed by atoms with Crippen LogP contribution >= 0.6 is 0 Å². The summed E-state index contributed by atoms with van der Waals surface area (Å²) in [4.78, 5) is 0. The van der Waals surface area contributed by atoms with Gasteiger partial charge in [-0.15, -0.1) is 0 Å². The number of hydrogen-bond acceptors (Lipinski definition) is 1. The van der Waals surface area contributed by atoms with Crippen molar-refractivity contribution in [2.45, 2.75) is 83.4 Å². The van der Waals surface area contributed by atoms with Crippen molar-refractivity contribution in [3.63, 3.8) is 0 Å². The quantitative estimate of drug-likeness (QED) is 0.148. The van der Waals surface area contributed by atoms with Crippen LogP contribution < -0.4 is 0 Å². The summed E-state index contributed by atoms with van der Waals surface area (Å²) in [5.41, 5.74) is -0.424. The van der Waals surface area contributed by atoms with Crippen molar-refractivity contribution in [3.05, 3.63) is 100 Å². The minimum Gasteiger partial charge on any atom is -0.373 e. The molecule has 1 heterocycles. The number of rotatable bonds is 10. The van der Waals surface area contributed by atoms with Crippen LogP contribution in [0.4, 0.5) is 30.7 Å². The molecule has 0 aromatic heterocycles. The van der Waals surface area contributed by atoms with Gasteiger partial charge in [0, 0.05) is 11.5 Å². The first-order valence-electron chi connectivity index (χ1n) is 15.2. The highest BCUT2D eigenvalue weighted by atomic mass is 19.4. The van der Waals surface area contributed by atoms with Crippen LogP contribution in [0.5, 0.6) is 0 Å². The molecule has 2 aliphatic rings. The van der Waals surface area contributed by atoms with Gasteiger partial charge in [0.15, 0.2) is 11.7 Å². The molecular weight excluding hydrogens is 569 g/mol. The van der Waals surface area contributed by atoms with Crippen LogP contribution in [0.1, 0.15) is 93.1 Å². The van der Waals surface area contributed by atoms with E-state index in [0.29, 0.717) is 31.3 Å². The molecule has 0 N–H and O–H groups in total. The van der Waals surface area contributed by atoms with Crippen LogP contribution in [-0.2, 0) is 17.3 Å². The van der Waals surface area contributed by atoms with Crippen LogP contribution in [0, 0.1) is 29.4 Å². The monoisotopic (exact) mass is 608 g/mol. The normalized spacial score (nSPS) is 24.1. The van der Waals surface area contributed by atoms with E-state index in [1.807, 2.05) is 19.1 Å². The SMILES string of the molecule is CCCC=CC(F)=C(F)c1ccc(CCC2CCC(C=CC3CCC(c4cc(F)c(C(F)(F)F)c(F)c4)OC3)CC2)cc1. The zero-order valence-corrected chi connectivity index (χ0v) is 24.4. The van der Waals surface area contributed by atoms with Gasteiger partial charge in [0.1, 0.15) is 17.2 Å². The van der Waals surface area contributed by atoms with Crippen molar-refractivity contribution < 1.29 is 35.5 Å². The largest absolute Gasteiger partial charge is 0.422 e. The van der Waals surface area contributed by atoms with E-state index in [1.165, 1.54) is 6.08 Å². The molecule has 2 aromatic rings. The first-order valence-corrected chi connectivity index (χ1v) is 15.2. The molecule has 1 nitrogen and oxygen atoms in total. The van der Waals surface area contributed by atoms with E-state index in [2.05, 4.69) is 12.2 Å². The number of alkyl halides is 3. The molecule has 234 valence electrons. The third kappa shape index (κ3) is 9.31. The molecule has 1 aliphatic heterocycles. The molecule has 0 spiro atoms. The summed E-state index contributed by atoms with van der Waals surface area (Å²) in [5, 5.41) is 0.